The molecule has 2 rings (SSSR count). The van der Waals surface area contributed by atoms with Gasteiger partial charge in [0.15, 0.2) is 5.78 Å². The summed E-state index contributed by atoms with van der Waals surface area (Å²) >= 11 is 6.19. The molecule has 0 amide bonds. The van der Waals surface area contributed by atoms with Crippen LogP contribution in [0.25, 0.3) is 0 Å². The molecule has 2 N–H and O–H groups in total. The third-order valence-corrected chi connectivity index (χ3v) is 4.07. The molecule has 0 aliphatic heterocycles. The van der Waals surface area contributed by atoms with Crippen LogP contribution in [-0.2, 0) is 6.42 Å². The number of nitrogen functional groups attached to an aromatic ring is 1. The largest absolute Gasteiger partial charge is 0.399 e. The van der Waals surface area contributed by atoms with Crippen molar-refractivity contribution in [3.63, 3.8) is 0 Å². The predicted octanol–water partition coefficient (Wildman–Crippen LogP) is 4.50. The molecule has 0 saturated heterocycles. The summed E-state index contributed by atoms with van der Waals surface area (Å²) < 4.78 is 28.1. The lowest BCUT2D eigenvalue weighted by Crippen LogP contribution is -2.09. The van der Waals surface area contributed by atoms with Crippen molar-refractivity contribution in [2.75, 3.05) is 5.73 Å². The van der Waals surface area contributed by atoms with Crippen LogP contribution in [0, 0.1) is 11.6 Å². The number of nitrogens with two attached hydrogens (primary N) is 1. The Labute approximate surface area is 131 Å². The van der Waals surface area contributed by atoms with Gasteiger partial charge in [-0.25, -0.2) is 8.78 Å². The molecule has 0 fully saturated rings. The molecule has 0 spiro atoms. The molecule has 0 radical (unpaired) electrons. The van der Waals surface area contributed by atoms with Crippen LogP contribution in [-0.4, -0.2) is 5.78 Å². The fourth-order valence-electron chi connectivity index (χ4n) is 1.74. The maximum atomic E-state index is 13.8. The Bertz CT molecular complexity index is 689. The first-order valence-electron chi connectivity index (χ1n) is 5.60. The highest BCUT2D eigenvalue weighted by Gasteiger charge is 2.18. The van der Waals surface area contributed by atoms with Gasteiger partial charge in [-0.2, -0.15) is 0 Å². The van der Waals surface area contributed by atoms with E-state index in [1.54, 1.807) is 12.1 Å². The zero-order valence-corrected chi connectivity index (χ0v) is 13.3. The second-order valence-electron chi connectivity index (χ2n) is 4.16. The van der Waals surface area contributed by atoms with Gasteiger partial charge in [-0.15, -0.1) is 0 Å². The van der Waals surface area contributed by atoms with E-state index in [1.807, 2.05) is 0 Å². The third kappa shape index (κ3) is 3.07. The lowest BCUT2D eigenvalue weighted by Gasteiger charge is -2.08. The van der Waals surface area contributed by atoms with Gasteiger partial charge in [-0.1, -0.05) is 15.9 Å². The quantitative estimate of drug-likeness (QED) is 0.465. The molecule has 0 aromatic heterocycles. The van der Waals surface area contributed by atoms with Gasteiger partial charge in [0.1, 0.15) is 11.6 Å². The summed E-state index contributed by atoms with van der Waals surface area (Å²) in [6, 6.07) is 7.09. The summed E-state index contributed by atoms with van der Waals surface area (Å²) in [6.07, 6.45) is -0.376. The normalized spacial score (nSPS) is 10.6. The summed E-state index contributed by atoms with van der Waals surface area (Å²) in [6.45, 7) is 0. The lowest BCUT2D eigenvalue weighted by atomic mass is 10.0. The van der Waals surface area contributed by atoms with Crippen molar-refractivity contribution in [3.8, 4) is 0 Å². The summed E-state index contributed by atoms with van der Waals surface area (Å²) in [5, 5.41) is 0. The molecule has 0 unspecified atom stereocenters. The average molecular weight is 405 g/mol. The molecule has 0 aliphatic rings. The average Bonchev–Trinajstić information content (AvgIpc) is 2.41. The van der Waals surface area contributed by atoms with Gasteiger partial charge in [0.2, 0.25) is 0 Å². The first-order chi connectivity index (χ1) is 9.40. The van der Waals surface area contributed by atoms with Crippen molar-refractivity contribution in [2.24, 2.45) is 0 Å². The zero-order chi connectivity index (χ0) is 14.9. The van der Waals surface area contributed by atoms with E-state index >= 15 is 0 Å². The number of anilines is 1. The van der Waals surface area contributed by atoms with Crippen molar-refractivity contribution >= 4 is 43.3 Å². The Morgan fingerprint density at radius 1 is 1.10 bits per heavy atom. The first-order valence-corrected chi connectivity index (χ1v) is 7.19. The van der Waals surface area contributed by atoms with Crippen LogP contribution in [0.2, 0.25) is 0 Å². The maximum absolute atomic E-state index is 13.8. The minimum absolute atomic E-state index is 0.119. The van der Waals surface area contributed by atoms with Gasteiger partial charge < -0.3 is 5.73 Å². The SMILES string of the molecule is Nc1ccc(Br)c(C(=O)Cc2c(F)ccc(Br)c2F)c1. The zero-order valence-electron chi connectivity index (χ0n) is 10.1. The molecular weight excluding hydrogens is 396 g/mol. The van der Waals surface area contributed by atoms with Gasteiger partial charge in [-0.05, 0) is 46.3 Å². The van der Waals surface area contributed by atoms with Crippen LogP contribution >= 0.6 is 31.9 Å². The first kappa shape index (κ1) is 15.1. The smallest absolute Gasteiger partial charge is 0.168 e. The van der Waals surface area contributed by atoms with E-state index in [2.05, 4.69) is 31.9 Å². The minimum atomic E-state index is -0.765. The fourth-order valence-corrected chi connectivity index (χ4v) is 2.58. The van der Waals surface area contributed by atoms with Crippen molar-refractivity contribution in [1.82, 2.24) is 0 Å². The van der Waals surface area contributed by atoms with Crippen LogP contribution in [0.4, 0.5) is 14.5 Å². The van der Waals surface area contributed by atoms with Crippen LogP contribution in [0.1, 0.15) is 15.9 Å². The molecule has 6 heteroatoms. The summed E-state index contributed by atoms with van der Waals surface area (Å²) in [5.41, 5.74) is 6.05. The van der Waals surface area contributed by atoms with Crippen LogP contribution in [0.3, 0.4) is 0 Å². The highest BCUT2D eigenvalue weighted by Crippen LogP contribution is 2.25. The molecule has 0 bridgehead atoms. The number of carbonyl (C=O) groups excluding carboxylic acids is 1. The Hall–Kier alpha value is -1.27. The van der Waals surface area contributed by atoms with E-state index in [0.717, 1.165) is 6.07 Å². The van der Waals surface area contributed by atoms with Gasteiger partial charge in [0.05, 0.1) is 4.47 Å². The minimum Gasteiger partial charge on any atom is -0.399 e. The molecule has 2 aromatic carbocycles. The van der Waals surface area contributed by atoms with E-state index in [0.29, 0.717) is 15.7 Å². The molecule has 2 nitrogen and oxygen atoms in total. The highest BCUT2D eigenvalue weighted by atomic mass is 79.9. The number of ketones is 1. The van der Waals surface area contributed by atoms with Crippen molar-refractivity contribution < 1.29 is 13.6 Å². The van der Waals surface area contributed by atoms with E-state index in [1.165, 1.54) is 12.1 Å². The predicted molar refractivity (Wildman–Crippen MR) is 80.6 cm³/mol. The van der Waals surface area contributed by atoms with Gasteiger partial charge in [0.25, 0.3) is 0 Å². The summed E-state index contributed by atoms with van der Waals surface area (Å²) in [7, 11) is 0. The molecule has 2 aromatic rings. The fraction of sp³-hybridized carbons (Fsp3) is 0.0714. The molecule has 0 saturated carbocycles. The second-order valence-corrected chi connectivity index (χ2v) is 5.87. The van der Waals surface area contributed by atoms with Crippen molar-refractivity contribution in [1.29, 1.82) is 0 Å². The number of rotatable bonds is 3. The molecule has 0 heterocycles. The number of halogens is 4. The molecule has 0 atom stereocenters. The number of Topliss-reactive ketones (excluding diaryl/α,β-unsaturated/α-hetero) is 1. The third-order valence-electron chi connectivity index (χ3n) is 2.77. The maximum Gasteiger partial charge on any atom is 0.168 e. The van der Waals surface area contributed by atoms with Crippen molar-refractivity contribution in [2.45, 2.75) is 6.42 Å². The van der Waals surface area contributed by atoms with E-state index < -0.39 is 17.4 Å². The van der Waals surface area contributed by atoms with Crippen molar-refractivity contribution in [3.05, 3.63) is 62.0 Å². The molecule has 104 valence electrons. The highest BCUT2D eigenvalue weighted by molar-refractivity contribution is 9.10. The van der Waals surface area contributed by atoms with E-state index in [4.69, 9.17) is 5.73 Å². The standard InChI is InChI=1S/C14H9Br2F2NO/c15-10-2-1-7(19)5-8(10)13(20)6-9-12(17)4-3-11(16)14(9)18/h1-5H,6,19H2. The Morgan fingerprint density at radius 3 is 2.45 bits per heavy atom. The molecular formula is C14H9Br2F2NO. The Kier molecular flexibility index (Phi) is 4.55. The number of hydrogen-bond acceptors (Lipinski definition) is 2. The van der Waals surface area contributed by atoms with Crippen LogP contribution in [0.15, 0.2) is 39.3 Å². The van der Waals surface area contributed by atoms with E-state index in [9.17, 15) is 13.6 Å². The lowest BCUT2D eigenvalue weighted by molar-refractivity contribution is 0.0990. The summed E-state index contributed by atoms with van der Waals surface area (Å²) in [4.78, 5) is 12.2. The molecule has 20 heavy (non-hydrogen) atoms. The second kappa shape index (κ2) is 6.01. The monoisotopic (exact) mass is 403 g/mol. The Morgan fingerprint density at radius 2 is 1.75 bits per heavy atom. The topological polar surface area (TPSA) is 43.1 Å². The number of benzene rings is 2. The number of hydrogen-bond donors (Lipinski definition) is 1. The number of carbonyl (C=O) groups is 1. The van der Waals surface area contributed by atoms with E-state index in [-0.39, 0.29) is 16.5 Å². The molecule has 0 aliphatic carbocycles. The van der Waals surface area contributed by atoms with Crippen LogP contribution < -0.4 is 5.73 Å². The van der Waals surface area contributed by atoms with Crippen LogP contribution in [0.5, 0.6) is 0 Å². The van der Waals surface area contributed by atoms with Gasteiger partial charge in [-0.3, -0.25) is 4.79 Å². The Balaban J connectivity index is 2.38. The van der Waals surface area contributed by atoms with Gasteiger partial charge in [0, 0.05) is 27.7 Å². The van der Waals surface area contributed by atoms with Gasteiger partial charge >= 0.3 is 0 Å². The summed E-state index contributed by atoms with van der Waals surface area (Å²) in [5.74, 6) is -1.93.